The van der Waals surface area contributed by atoms with Gasteiger partial charge in [-0.25, -0.2) is 0 Å². The molecule has 0 aromatic heterocycles. The minimum atomic E-state index is -0.789. The Hall–Kier alpha value is -0.650. The van der Waals surface area contributed by atoms with Crippen molar-refractivity contribution in [2.45, 2.75) is 32.1 Å². The van der Waals surface area contributed by atoms with Gasteiger partial charge in [0.05, 0.1) is 5.41 Å². The van der Waals surface area contributed by atoms with Crippen LogP contribution in [0.2, 0.25) is 0 Å². The van der Waals surface area contributed by atoms with Gasteiger partial charge < -0.3 is 20.3 Å². The van der Waals surface area contributed by atoms with Gasteiger partial charge in [-0.2, -0.15) is 0 Å². The number of hydrogen-bond donors (Lipinski definition) is 2. The summed E-state index contributed by atoms with van der Waals surface area (Å²) >= 11 is 0. The Bertz CT molecular complexity index is 255. The molecule has 0 aliphatic heterocycles. The second kappa shape index (κ2) is 7.71. The van der Waals surface area contributed by atoms with Gasteiger partial charge in [-0.3, -0.25) is 4.79 Å². The maximum absolute atomic E-state index is 11.4. The van der Waals surface area contributed by atoms with Crippen LogP contribution in [0.4, 0.5) is 0 Å². The average Bonchev–Trinajstić information content (AvgIpc) is 3.15. The third kappa shape index (κ3) is 4.92. The quantitative estimate of drug-likeness (QED) is 0.546. The first-order chi connectivity index (χ1) is 8.64. The number of carbonyl (C=O) groups is 1. The predicted molar refractivity (Wildman–Crippen MR) is 68.4 cm³/mol. The maximum Gasteiger partial charge on any atom is 0.311 e. The largest absolute Gasteiger partial charge is 0.481 e. The lowest BCUT2D eigenvalue weighted by molar-refractivity contribution is -0.150. The molecule has 0 bridgehead atoms. The summed E-state index contributed by atoms with van der Waals surface area (Å²) in [5, 5.41) is 9.39. The molecule has 0 saturated heterocycles. The van der Waals surface area contributed by atoms with Gasteiger partial charge in [0.1, 0.15) is 0 Å². The van der Waals surface area contributed by atoms with Crippen molar-refractivity contribution in [1.82, 2.24) is 0 Å². The molecule has 0 aromatic rings. The van der Waals surface area contributed by atoms with Gasteiger partial charge in [0.25, 0.3) is 0 Å². The van der Waals surface area contributed by atoms with Crippen molar-refractivity contribution >= 4 is 5.97 Å². The summed E-state index contributed by atoms with van der Waals surface area (Å²) in [4.78, 5) is 11.4. The van der Waals surface area contributed by atoms with Gasteiger partial charge in [0.2, 0.25) is 0 Å². The SMILES string of the molecule is COCCCOCCC(CN)(CC1CC1)C(=O)O. The minimum absolute atomic E-state index is 0.195. The minimum Gasteiger partial charge on any atom is -0.481 e. The average molecular weight is 259 g/mol. The fraction of sp³-hybridized carbons (Fsp3) is 0.923. The number of rotatable bonds is 11. The van der Waals surface area contributed by atoms with E-state index in [1.807, 2.05) is 0 Å². The van der Waals surface area contributed by atoms with Gasteiger partial charge in [0, 0.05) is 33.5 Å². The fourth-order valence-corrected chi connectivity index (χ4v) is 2.12. The highest BCUT2D eigenvalue weighted by Crippen LogP contribution is 2.41. The van der Waals surface area contributed by atoms with Crippen LogP contribution in [0.1, 0.15) is 32.1 Å². The lowest BCUT2D eigenvalue weighted by Gasteiger charge is -2.27. The van der Waals surface area contributed by atoms with Crippen molar-refractivity contribution in [3.8, 4) is 0 Å². The van der Waals surface area contributed by atoms with E-state index < -0.39 is 11.4 Å². The molecule has 1 saturated carbocycles. The summed E-state index contributed by atoms with van der Waals surface area (Å²) in [6, 6.07) is 0. The Morgan fingerprint density at radius 1 is 1.39 bits per heavy atom. The summed E-state index contributed by atoms with van der Waals surface area (Å²) < 4.78 is 10.4. The molecule has 1 fully saturated rings. The van der Waals surface area contributed by atoms with Crippen LogP contribution < -0.4 is 5.73 Å². The number of hydrogen-bond acceptors (Lipinski definition) is 4. The number of nitrogens with two attached hydrogens (primary N) is 1. The molecule has 5 nitrogen and oxygen atoms in total. The van der Waals surface area contributed by atoms with Crippen molar-refractivity contribution in [3.05, 3.63) is 0 Å². The van der Waals surface area contributed by atoms with Gasteiger partial charge in [0.15, 0.2) is 0 Å². The second-order valence-electron chi connectivity index (χ2n) is 5.15. The third-order valence-electron chi connectivity index (χ3n) is 3.58. The van der Waals surface area contributed by atoms with Crippen LogP contribution in [0.5, 0.6) is 0 Å². The van der Waals surface area contributed by atoms with E-state index in [9.17, 15) is 9.90 Å². The Morgan fingerprint density at radius 3 is 2.61 bits per heavy atom. The molecule has 1 aliphatic rings. The molecule has 0 radical (unpaired) electrons. The van der Waals surface area contributed by atoms with E-state index in [-0.39, 0.29) is 6.54 Å². The van der Waals surface area contributed by atoms with E-state index in [4.69, 9.17) is 15.2 Å². The molecule has 18 heavy (non-hydrogen) atoms. The number of carboxylic acids is 1. The number of methoxy groups -OCH3 is 1. The first-order valence-electron chi connectivity index (χ1n) is 6.65. The summed E-state index contributed by atoms with van der Waals surface area (Å²) in [5.41, 5.74) is 4.90. The molecule has 0 heterocycles. The Morgan fingerprint density at radius 2 is 2.11 bits per heavy atom. The van der Waals surface area contributed by atoms with Crippen LogP contribution in [-0.2, 0) is 14.3 Å². The predicted octanol–water partition coefficient (Wildman–Crippen LogP) is 1.26. The molecule has 106 valence electrons. The van der Waals surface area contributed by atoms with Crippen molar-refractivity contribution in [2.75, 3.05) is 33.5 Å². The summed E-state index contributed by atoms with van der Waals surface area (Å²) in [6.07, 6.45) is 4.32. The normalized spacial score (nSPS) is 18.6. The molecule has 0 spiro atoms. The molecule has 1 aliphatic carbocycles. The van der Waals surface area contributed by atoms with Gasteiger partial charge in [-0.15, -0.1) is 0 Å². The fourth-order valence-electron chi connectivity index (χ4n) is 2.12. The van der Waals surface area contributed by atoms with E-state index in [0.717, 1.165) is 19.3 Å². The maximum atomic E-state index is 11.4. The Balaban J connectivity index is 2.29. The van der Waals surface area contributed by atoms with Gasteiger partial charge in [-0.05, 0) is 25.2 Å². The molecule has 5 heteroatoms. The van der Waals surface area contributed by atoms with Crippen molar-refractivity contribution in [3.63, 3.8) is 0 Å². The van der Waals surface area contributed by atoms with E-state index in [1.54, 1.807) is 7.11 Å². The number of aliphatic carboxylic acids is 1. The summed E-state index contributed by atoms with van der Waals surface area (Å²) in [5.74, 6) is -0.226. The van der Waals surface area contributed by atoms with Crippen LogP contribution >= 0.6 is 0 Å². The first-order valence-corrected chi connectivity index (χ1v) is 6.65. The van der Waals surface area contributed by atoms with E-state index in [0.29, 0.717) is 38.6 Å². The highest BCUT2D eigenvalue weighted by Gasteiger charge is 2.41. The second-order valence-corrected chi connectivity index (χ2v) is 5.15. The molecule has 1 rings (SSSR count). The molecule has 0 amide bonds. The lowest BCUT2D eigenvalue weighted by Crippen LogP contribution is -2.40. The molecular formula is C13H25NO4. The molecular weight excluding hydrogens is 234 g/mol. The molecule has 0 aromatic carbocycles. The Kier molecular flexibility index (Phi) is 6.60. The summed E-state index contributed by atoms with van der Waals surface area (Å²) in [6.45, 7) is 1.93. The number of ether oxygens (including phenoxy) is 2. The van der Waals surface area contributed by atoms with Gasteiger partial charge in [-0.1, -0.05) is 12.8 Å². The molecule has 3 N–H and O–H groups in total. The monoisotopic (exact) mass is 259 g/mol. The Labute approximate surface area is 109 Å². The highest BCUT2D eigenvalue weighted by molar-refractivity contribution is 5.75. The van der Waals surface area contributed by atoms with Crippen LogP contribution in [0.3, 0.4) is 0 Å². The van der Waals surface area contributed by atoms with Crippen LogP contribution in [0.25, 0.3) is 0 Å². The molecule has 1 unspecified atom stereocenters. The highest BCUT2D eigenvalue weighted by atomic mass is 16.5. The zero-order chi connectivity index (χ0) is 13.4. The van der Waals surface area contributed by atoms with Crippen molar-refractivity contribution in [2.24, 2.45) is 17.1 Å². The third-order valence-corrected chi connectivity index (χ3v) is 3.58. The van der Waals surface area contributed by atoms with Crippen LogP contribution in [0.15, 0.2) is 0 Å². The van der Waals surface area contributed by atoms with Crippen molar-refractivity contribution in [1.29, 1.82) is 0 Å². The number of carboxylic acid groups (broad SMARTS) is 1. The summed E-state index contributed by atoms with van der Waals surface area (Å²) in [7, 11) is 1.65. The van der Waals surface area contributed by atoms with E-state index in [1.165, 1.54) is 0 Å². The molecule has 1 atom stereocenters. The van der Waals surface area contributed by atoms with Crippen LogP contribution in [0, 0.1) is 11.3 Å². The smallest absolute Gasteiger partial charge is 0.311 e. The van der Waals surface area contributed by atoms with Crippen molar-refractivity contribution < 1.29 is 19.4 Å². The zero-order valence-corrected chi connectivity index (χ0v) is 11.2. The zero-order valence-electron chi connectivity index (χ0n) is 11.2. The van der Waals surface area contributed by atoms with Gasteiger partial charge >= 0.3 is 5.97 Å². The lowest BCUT2D eigenvalue weighted by atomic mass is 9.79. The first kappa shape index (κ1) is 15.4. The van der Waals surface area contributed by atoms with E-state index >= 15 is 0 Å². The van der Waals surface area contributed by atoms with Crippen LogP contribution in [-0.4, -0.2) is 44.6 Å². The topological polar surface area (TPSA) is 81.8 Å². The standard InChI is InChI=1S/C13H25NO4/c1-17-6-2-7-18-8-5-13(10-14,12(15)16)9-11-3-4-11/h11H,2-10,14H2,1H3,(H,15,16). The van der Waals surface area contributed by atoms with E-state index in [2.05, 4.69) is 0 Å².